The highest BCUT2D eigenvalue weighted by Gasteiger charge is 2.17. The lowest BCUT2D eigenvalue weighted by Gasteiger charge is -2.11. The maximum Gasteiger partial charge on any atom is 0.303 e. The Kier molecular flexibility index (Phi) is 6.59. The fourth-order valence-corrected chi connectivity index (χ4v) is 3.79. The maximum absolute atomic E-state index is 10.8. The van der Waals surface area contributed by atoms with Gasteiger partial charge in [-0.25, -0.2) is 0 Å². The van der Waals surface area contributed by atoms with Crippen LogP contribution in [0.25, 0.3) is 33.7 Å². The van der Waals surface area contributed by atoms with Gasteiger partial charge < -0.3 is 14.4 Å². The lowest BCUT2D eigenvalue weighted by atomic mass is 10.0. The summed E-state index contributed by atoms with van der Waals surface area (Å²) in [4.78, 5) is 15.4. The second-order valence-corrected chi connectivity index (χ2v) is 8.20. The molecule has 34 heavy (non-hydrogen) atoms. The number of aromatic nitrogens is 4. The summed E-state index contributed by atoms with van der Waals surface area (Å²) in [7, 11) is 0. The van der Waals surface area contributed by atoms with E-state index in [1.54, 1.807) is 24.4 Å². The van der Waals surface area contributed by atoms with Crippen molar-refractivity contribution in [1.82, 2.24) is 19.9 Å². The molecule has 0 amide bonds. The molecule has 2 aromatic heterocycles. The highest BCUT2D eigenvalue weighted by atomic mass is 16.5. The lowest BCUT2D eigenvalue weighted by molar-refractivity contribution is -0.137. The van der Waals surface area contributed by atoms with Crippen LogP contribution in [0.4, 0.5) is 0 Å². The van der Waals surface area contributed by atoms with E-state index in [2.05, 4.69) is 21.3 Å². The summed E-state index contributed by atoms with van der Waals surface area (Å²) in [5, 5.41) is 27.9. The Morgan fingerprint density at radius 3 is 2.82 bits per heavy atom. The van der Waals surface area contributed by atoms with E-state index in [4.69, 9.17) is 14.4 Å². The Morgan fingerprint density at radius 1 is 1.29 bits per heavy atom. The number of aryl methyl sites for hydroxylation is 2. The highest BCUT2D eigenvalue weighted by Crippen LogP contribution is 2.31. The minimum atomic E-state index is -0.815. The van der Waals surface area contributed by atoms with Gasteiger partial charge in [-0.3, -0.25) is 9.48 Å². The molecule has 0 atom stereocenters. The van der Waals surface area contributed by atoms with Crippen molar-refractivity contribution in [3.63, 3.8) is 0 Å². The molecule has 0 aliphatic rings. The van der Waals surface area contributed by atoms with Crippen LogP contribution in [0.1, 0.15) is 44.7 Å². The van der Waals surface area contributed by atoms with Gasteiger partial charge in [0.1, 0.15) is 11.8 Å². The molecule has 4 aromatic rings. The molecule has 2 heterocycles. The zero-order valence-electron chi connectivity index (χ0n) is 19.3. The van der Waals surface area contributed by atoms with E-state index in [0.29, 0.717) is 41.6 Å². The van der Waals surface area contributed by atoms with Crippen LogP contribution < -0.4 is 4.74 Å². The third-order valence-corrected chi connectivity index (χ3v) is 5.38. The van der Waals surface area contributed by atoms with E-state index in [9.17, 15) is 10.1 Å². The van der Waals surface area contributed by atoms with Crippen molar-refractivity contribution in [3.05, 3.63) is 47.7 Å². The number of fused-ring (bicyclic) bond motifs is 1. The number of ether oxygens (including phenoxy) is 1. The van der Waals surface area contributed by atoms with Crippen LogP contribution in [0.15, 0.2) is 41.1 Å². The van der Waals surface area contributed by atoms with Gasteiger partial charge in [0, 0.05) is 29.5 Å². The quantitative estimate of drug-likeness (QED) is 0.377. The van der Waals surface area contributed by atoms with Gasteiger partial charge in [0.05, 0.1) is 23.4 Å². The fourth-order valence-electron chi connectivity index (χ4n) is 3.79. The van der Waals surface area contributed by atoms with Gasteiger partial charge in [-0.05, 0) is 62.6 Å². The molecule has 0 radical (unpaired) electrons. The van der Waals surface area contributed by atoms with Crippen LogP contribution in [0, 0.1) is 11.3 Å². The summed E-state index contributed by atoms with van der Waals surface area (Å²) in [6.45, 7) is 6.38. The number of benzene rings is 2. The monoisotopic (exact) mass is 459 g/mol. The van der Waals surface area contributed by atoms with Gasteiger partial charge in [-0.1, -0.05) is 12.1 Å². The van der Waals surface area contributed by atoms with E-state index in [1.165, 1.54) is 0 Å². The van der Waals surface area contributed by atoms with Crippen molar-refractivity contribution >= 4 is 16.9 Å². The second kappa shape index (κ2) is 9.75. The van der Waals surface area contributed by atoms with E-state index in [0.717, 1.165) is 28.5 Å². The molecule has 0 saturated heterocycles. The number of carboxylic acids is 1. The van der Waals surface area contributed by atoms with Gasteiger partial charge in [0.2, 0.25) is 5.82 Å². The van der Waals surface area contributed by atoms with Crippen LogP contribution in [-0.2, 0) is 17.8 Å². The number of aliphatic carboxylic acids is 1. The number of carbonyl (C=O) groups is 1. The van der Waals surface area contributed by atoms with Crippen molar-refractivity contribution in [2.24, 2.45) is 0 Å². The first-order valence-electron chi connectivity index (χ1n) is 11.1. The normalized spacial score (nSPS) is 11.1. The average Bonchev–Trinajstić information content (AvgIpc) is 3.45. The highest BCUT2D eigenvalue weighted by molar-refractivity contribution is 5.85. The molecule has 9 heteroatoms. The van der Waals surface area contributed by atoms with Crippen LogP contribution in [-0.4, -0.2) is 37.1 Å². The molecule has 0 saturated carbocycles. The van der Waals surface area contributed by atoms with Gasteiger partial charge in [-0.2, -0.15) is 15.3 Å². The zero-order valence-corrected chi connectivity index (χ0v) is 19.3. The maximum atomic E-state index is 10.8. The molecule has 0 bridgehead atoms. The Morgan fingerprint density at radius 2 is 2.12 bits per heavy atom. The predicted molar refractivity (Wildman–Crippen MR) is 125 cm³/mol. The van der Waals surface area contributed by atoms with Crippen LogP contribution in [0.3, 0.4) is 0 Å². The first-order valence-corrected chi connectivity index (χ1v) is 11.1. The van der Waals surface area contributed by atoms with Gasteiger partial charge >= 0.3 is 5.97 Å². The second-order valence-electron chi connectivity index (χ2n) is 8.20. The van der Waals surface area contributed by atoms with Crippen LogP contribution in [0.2, 0.25) is 0 Å². The predicted octanol–water partition coefficient (Wildman–Crippen LogP) is 4.84. The summed E-state index contributed by atoms with van der Waals surface area (Å²) in [6.07, 6.45) is 3.07. The molecule has 0 unspecified atom stereocenters. The van der Waals surface area contributed by atoms with Crippen LogP contribution in [0.5, 0.6) is 5.75 Å². The van der Waals surface area contributed by atoms with Gasteiger partial charge in [-0.15, -0.1) is 0 Å². The summed E-state index contributed by atoms with van der Waals surface area (Å²) in [5.74, 6) is 0.465. The van der Waals surface area contributed by atoms with Crippen molar-refractivity contribution in [3.8, 4) is 34.7 Å². The number of nitrogens with zero attached hydrogens (tertiary/aromatic N) is 5. The molecule has 174 valence electrons. The van der Waals surface area contributed by atoms with E-state index in [1.807, 2.05) is 37.6 Å². The lowest BCUT2D eigenvalue weighted by Crippen LogP contribution is -2.06. The van der Waals surface area contributed by atoms with Crippen LogP contribution >= 0.6 is 0 Å². The minimum absolute atomic E-state index is 0.0446. The third-order valence-electron chi connectivity index (χ3n) is 5.38. The Hall–Kier alpha value is -4.19. The summed E-state index contributed by atoms with van der Waals surface area (Å²) in [5.41, 5.74) is 3.84. The summed E-state index contributed by atoms with van der Waals surface area (Å²) >= 11 is 0. The van der Waals surface area contributed by atoms with E-state index < -0.39 is 5.97 Å². The van der Waals surface area contributed by atoms with E-state index >= 15 is 0 Å². The largest absolute Gasteiger partial charge is 0.490 e. The zero-order chi connectivity index (χ0) is 24.2. The van der Waals surface area contributed by atoms with Crippen molar-refractivity contribution in [2.75, 3.05) is 0 Å². The Labute approximate surface area is 196 Å². The molecule has 1 N–H and O–H groups in total. The van der Waals surface area contributed by atoms with E-state index in [-0.39, 0.29) is 12.5 Å². The number of carboxylic acid groups (broad SMARTS) is 1. The first kappa shape index (κ1) is 23.0. The SMILES string of the molecule is CCc1cc2c(cnn2CCCC(=O)O)cc1-c1noc(-c2ccc(OC(C)C)c(C#N)c2)n1. The third kappa shape index (κ3) is 4.76. The molecule has 0 aliphatic carbocycles. The van der Waals surface area contributed by atoms with Crippen molar-refractivity contribution in [1.29, 1.82) is 5.26 Å². The summed E-state index contributed by atoms with van der Waals surface area (Å²) in [6, 6.07) is 11.4. The molecule has 0 aliphatic heterocycles. The molecule has 0 spiro atoms. The molecule has 0 fully saturated rings. The van der Waals surface area contributed by atoms with Crippen molar-refractivity contribution < 1.29 is 19.2 Å². The first-order chi connectivity index (χ1) is 16.4. The number of hydrogen-bond acceptors (Lipinski definition) is 7. The topological polar surface area (TPSA) is 127 Å². The van der Waals surface area contributed by atoms with Gasteiger partial charge in [0.25, 0.3) is 5.89 Å². The van der Waals surface area contributed by atoms with Crippen molar-refractivity contribution in [2.45, 2.75) is 52.7 Å². The Bertz CT molecular complexity index is 1380. The Balaban J connectivity index is 1.65. The number of nitriles is 1. The molecular formula is C25H25N5O4. The fraction of sp³-hybridized carbons (Fsp3) is 0.320. The molecule has 4 rings (SSSR count). The minimum Gasteiger partial charge on any atom is -0.490 e. The number of rotatable bonds is 9. The molecule has 9 nitrogen and oxygen atoms in total. The average molecular weight is 460 g/mol. The summed E-state index contributed by atoms with van der Waals surface area (Å²) < 4.78 is 13.0. The molecular weight excluding hydrogens is 434 g/mol. The standard InChI is InChI=1S/C25H25N5O4/c1-4-16-12-21-19(14-27-30(21)9-5-6-23(31)32)11-20(16)24-28-25(34-29-24)17-7-8-22(33-15(2)3)18(10-17)13-26/h7-8,10-12,14-15H,4-6,9H2,1-3H3,(H,31,32). The smallest absolute Gasteiger partial charge is 0.303 e. The molecule has 2 aromatic carbocycles. The van der Waals surface area contributed by atoms with Gasteiger partial charge in [0.15, 0.2) is 0 Å². The number of hydrogen-bond donors (Lipinski definition) is 1.